The Bertz CT molecular complexity index is 641. The fourth-order valence-corrected chi connectivity index (χ4v) is 7.10. The van der Waals surface area contributed by atoms with Gasteiger partial charge in [-0.25, -0.2) is 22.0 Å². The van der Waals surface area contributed by atoms with E-state index >= 15 is 0 Å². The summed E-state index contributed by atoms with van der Waals surface area (Å²) in [6.07, 6.45) is 4.92. The summed E-state index contributed by atoms with van der Waals surface area (Å²) >= 11 is 0. The Morgan fingerprint density at radius 2 is 1.50 bits per heavy atom. The van der Waals surface area contributed by atoms with Crippen molar-refractivity contribution in [3.05, 3.63) is 0 Å². The smallest absolute Gasteiger partial charge is 0.314 e. The van der Waals surface area contributed by atoms with Gasteiger partial charge in [0.15, 0.2) is 6.79 Å². The summed E-state index contributed by atoms with van der Waals surface area (Å²) in [7, 11) is 0. The van der Waals surface area contributed by atoms with Gasteiger partial charge in [-0.1, -0.05) is 6.92 Å². The van der Waals surface area contributed by atoms with Crippen LogP contribution in [0.1, 0.15) is 65.2 Å². The lowest BCUT2D eigenvalue weighted by Crippen LogP contribution is -2.63. The topological polar surface area (TPSA) is 35.5 Å². The average Bonchev–Trinajstić information content (AvgIpc) is 2.60. The highest BCUT2D eigenvalue weighted by Crippen LogP contribution is 2.60. The molecule has 0 heterocycles. The molecule has 3 atom stereocenters. The normalized spacial score (nSPS) is 44.8. The summed E-state index contributed by atoms with van der Waals surface area (Å²) in [6, 6.07) is 0. The van der Waals surface area contributed by atoms with Crippen molar-refractivity contribution >= 4 is 5.97 Å². The molecule has 8 heteroatoms. The van der Waals surface area contributed by atoms with Gasteiger partial charge in [0.05, 0.1) is 17.9 Å². The molecule has 172 valence electrons. The first-order valence-corrected chi connectivity index (χ1v) is 11.1. The van der Waals surface area contributed by atoms with Gasteiger partial charge >= 0.3 is 5.97 Å². The molecule has 0 aromatic heterocycles. The average molecular weight is 438 g/mol. The summed E-state index contributed by atoms with van der Waals surface area (Å²) in [5, 5.41) is 0. The van der Waals surface area contributed by atoms with Crippen LogP contribution in [0.25, 0.3) is 0 Å². The van der Waals surface area contributed by atoms with E-state index in [0.717, 1.165) is 19.3 Å². The highest BCUT2D eigenvalue weighted by atomic mass is 19.3. The summed E-state index contributed by atoms with van der Waals surface area (Å²) in [4.78, 5) is 12.8. The van der Waals surface area contributed by atoms with Crippen LogP contribution >= 0.6 is 0 Å². The minimum Gasteiger partial charge on any atom is -0.438 e. The van der Waals surface area contributed by atoms with Gasteiger partial charge in [0, 0.05) is 6.92 Å². The van der Waals surface area contributed by atoms with Crippen LogP contribution in [0.3, 0.4) is 0 Å². The molecule has 4 bridgehead atoms. The first kappa shape index (κ1) is 22.3. The van der Waals surface area contributed by atoms with Crippen molar-refractivity contribution in [3.63, 3.8) is 0 Å². The van der Waals surface area contributed by atoms with Crippen LogP contribution in [0.15, 0.2) is 0 Å². The fraction of sp³-hybridized carbons (Fsp3) is 0.955. The maximum atomic E-state index is 14.8. The van der Waals surface area contributed by atoms with Gasteiger partial charge in [0.1, 0.15) is 0 Å². The SMILES string of the molecule is CC1CC(COCOC(=O)C23CC4CC(CC(C4)C2)C3)C(F)(F)C(F)(C(C)(F)F)C1. The summed E-state index contributed by atoms with van der Waals surface area (Å²) in [5.74, 6) is -9.42. The van der Waals surface area contributed by atoms with Gasteiger partial charge < -0.3 is 9.47 Å². The predicted octanol–water partition coefficient (Wildman–Crippen LogP) is 5.77. The lowest BCUT2D eigenvalue weighted by atomic mass is 9.49. The first-order valence-electron chi connectivity index (χ1n) is 11.1. The summed E-state index contributed by atoms with van der Waals surface area (Å²) < 4.78 is 81.9. The molecule has 0 saturated heterocycles. The van der Waals surface area contributed by atoms with Crippen molar-refractivity contribution in [1.29, 1.82) is 0 Å². The highest BCUT2D eigenvalue weighted by Gasteiger charge is 2.72. The monoisotopic (exact) mass is 438 g/mol. The number of hydrogen-bond acceptors (Lipinski definition) is 3. The van der Waals surface area contributed by atoms with Crippen molar-refractivity contribution in [3.8, 4) is 0 Å². The number of ether oxygens (including phenoxy) is 2. The van der Waals surface area contributed by atoms with Crippen LogP contribution in [0.4, 0.5) is 22.0 Å². The zero-order valence-electron chi connectivity index (χ0n) is 17.6. The number of esters is 1. The molecule has 0 N–H and O–H groups in total. The Hall–Kier alpha value is -0.920. The molecule has 0 spiro atoms. The Kier molecular flexibility index (Phi) is 5.43. The maximum Gasteiger partial charge on any atom is 0.314 e. The molecular weight excluding hydrogens is 407 g/mol. The number of halogens is 5. The molecule has 5 aliphatic carbocycles. The van der Waals surface area contributed by atoms with Gasteiger partial charge in [-0.2, -0.15) is 0 Å². The van der Waals surface area contributed by atoms with E-state index < -0.39 is 54.6 Å². The molecule has 3 unspecified atom stereocenters. The Labute approximate surface area is 174 Å². The van der Waals surface area contributed by atoms with Gasteiger partial charge in [0.2, 0.25) is 5.67 Å². The number of alkyl halides is 5. The van der Waals surface area contributed by atoms with E-state index in [1.807, 2.05) is 0 Å². The molecule has 5 saturated carbocycles. The third-order valence-corrected chi connectivity index (χ3v) is 8.12. The molecule has 0 amide bonds. The van der Waals surface area contributed by atoms with Gasteiger partial charge in [-0.05, 0) is 75.0 Å². The molecule has 0 aromatic carbocycles. The number of carbonyl (C=O) groups is 1. The fourth-order valence-electron chi connectivity index (χ4n) is 7.10. The quantitative estimate of drug-likeness (QED) is 0.229. The molecule has 5 rings (SSSR count). The highest BCUT2D eigenvalue weighted by molar-refractivity contribution is 5.77. The number of carbonyl (C=O) groups excluding carboxylic acids is 1. The van der Waals surface area contributed by atoms with E-state index in [4.69, 9.17) is 9.47 Å². The molecular formula is C22H31F5O3. The van der Waals surface area contributed by atoms with Crippen LogP contribution in [-0.2, 0) is 14.3 Å². The zero-order chi connectivity index (χ0) is 21.9. The Balaban J connectivity index is 1.32. The van der Waals surface area contributed by atoms with Crippen LogP contribution in [0.5, 0.6) is 0 Å². The minimum absolute atomic E-state index is 0.127. The lowest BCUT2D eigenvalue weighted by Gasteiger charge is -2.55. The number of hydrogen-bond donors (Lipinski definition) is 0. The molecule has 0 aromatic rings. The standard InChI is InChI=1S/C22H31F5O3/c1-13-3-17(22(26,27)21(25,7-13)19(2,23)24)11-29-12-30-18(28)20-8-14-4-15(9-20)6-16(5-14)10-20/h13-17H,3-12H2,1-2H3. The van der Waals surface area contributed by atoms with Crippen molar-refractivity contribution in [2.45, 2.75) is 82.7 Å². The van der Waals surface area contributed by atoms with Crippen molar-refractivity contribution in [1.82, 2.24) is 0 Å². The van der Waals surface area contributed by atoms with Crippen LogP contribution < -0.4 is 0 Å². The van der Waals surface area contributed by atoms with E-state index in [1.54, 1.807) is 0 Å². The third kappa shape index (κ3) is 3.55. The Morgan fingerprint density at radius 1 is 0.967 bits per heavy atom. The van der Waals surface area contributed by atoms with Crippen molar-refractivity contribution in [2.75, 3.05) is 13.4 Å². The van der Waals surface area contributed by atoms with E-state index in [-0.39, 0.29) is 19.3 Å². The van der Waals surface area contributed by atoms with Gasteiger partial charge in [-0.3, -0.25) is 4.79 Å². The van der Waals surface area contributed by atoms with E-state index in [9.17, 15) is 26.7 Å². The minimum atomic E-state index is -4.23. The van der Waals surface area contributed by atoms with E-state index in [0.29, 0.717) is 17.8 Å². The maximum absolute atomic E-state index is 14.8. The second-order valence-electron chi connectivity index (χ2n) is 10.7. The first-order chi connectivity index (χ1) is 13.9. The second-order valence-corrected chi connectivity index (χ2v) is 10.7. The van der Waals surface area contributed by atoms with Crippen LogP contribution in [-0.4, -0.2) is 36.9 Å². The van der Waals surface area contributed by atoms with Crippen molar-refractivity contribution in [2.24, 2.45) is 35.0 Å². The molecule has 3 nitrogen and oxygen atoms in total. The third-order valence-electron chi connectivity index (χ3n) is 8.12. The van der Waals surface area contributed by atoms with Crippen LogP contribution in [0.2, 0.25) is 0 Å². The lowest BCUT2D eigenvalue weighted by molar-refractivity contribution is -0.290. The predicted molar refractivity (Wildman–Crippen MR) is 98.8 cm³/mol. The largest absolute Gasteiger partial charge is 0.438 e. The summed E-state index contributed by atoms with van der Waals surface area (Å²) in [5.41, 5.74) is -4.40. The molecule has 0 radical (unpaired) electrons. The zero-order valence-corrected chi connectivity index (χ0v) is 17.6. The molecule has 5 fully saturated rings. The second kappa shape index (κ2) is 7.31. The van der Waals surface area contributed by atoms with Gasteiger partial charge in [-0.15, -0.1) is 0 Å². The number of rotatable bonds is 6. The molecule has 0 aliphatic heterocycles. The van der Waals surface area contributed by atoms with Crippen LogP contribution in [0, 0.1) is 35.0 Å². The summed E-state index contributed by atoms with van der Waals surface area (Å²) in [6.45, 7) is 0.538. The Morgan fingerprint density at radius 3 is 2.00 bits per heavy atom. The van der Waals surface area contributed by atoms with Gasteiger partial charge in [0.25, 0.3) is 11.8 Å². The molecule has 30 heavy (non-hydrogen) atoms. The van der Waals surface area contributed by atoms with E-state index in [1.165, 1.54) is 26.2 Å². The van der Waals surface area contributed by atoms with E-state index in [2.05, 4.69) is 0 Å². The molecule has 5 aliphatic rings. The van der Waals surface area contributed by atoms with Crippen molar-refractivity contribution < 1.29 is 36.2 Å².